The number of aromatic nitrogens is 4. The molecule has 0 fully saturated rings. The Labute approximate surface area is 160 Å². The second kappa shape index (κ2) is 7.39. The van der Waals surface area contributed by atoms with Crippen molar-refractivity contribution in [2.45, 2.75) is 40.7 Å². The molecule has 3 rings (SSSR count). The van der Waals surface area contributed by atoms with Gasteiger partial charge in [0.2, 0.25) is 0 Å². The van der Waals surface area contributed by atoms with E-state index in [0.29, 0.717) is 0 Å². The summed E-state index contributed by atoms with van der Waals surface area (Å²) < 4.78 is 7.52. The zero-order chi connectivity index (χ0) is 19.6. The van der Waals surface area contributed by atoms with E-state index < -0.39 is 0 Å². The Morgan fingerprint density at radius 3 is 2.44 bits per heavy atom. The van der Waals surface area contributed by atoms with Crippen LogP contribution in [0.2, 0.25) is 0 Å². The molecule has 0 radical (unpaired) electrons. The number of nitrogens with zero attached hydrogens (tertiary/aromatic N) is 4. The molecule has 0 aliphatic carbocycles. The minimum absolute atomic E-state index is 0.148. The van der Waals surface area contributed by atoms with Crippen LogP contribution in [0.4, 0.5) is 5.82 Å². The van der Waals surface area contributed by atoms with Crippen molar-refractivity contribution in [1.29, 1.82) is 0 Å². The Balaban J connectivity index is 1.84. The number of hydrogen-bond donors (Lipinski definition) is 1. The van der Waals surface area contributed by atoms with Crippen molar-refractivity contribution >= 4 is 5.82 Å². The molecular weight excluding hydrogens is 338 g/mol. The van der Waals surface area contributed by atoms with Gasteiger partial charge in [0.1, 0.15) is 11.6 Å². The number of benzene rings is 1. The molecule has 27 heavy (non-hydrogen) atoms. The average Bonchev–Trinajstić information content (AvgIpc) is 3.07. The maximum absolute atomic E-state index is 5.58. The Hall–Kier alpha value is -2.89. The van der Waals surface area contributed by atoms with Gasteiger partial charge in [0.15, 0.2) is 0 Å². The maximum Gasteiger partial charge on any atom is 0.148 e. The molecule has 1 N–H and O–H groups in total. The molecule has 0 saturated carbocycles. The number of ether oxygens (including phenoxy) is 1. The number of nitrogens with one attached hydrogen (secondary N) is 1. The molecule has 1 aromatic carbocycles. The minimum atomic E-state index is 0.148. The van der Waals surface area contributed by atoms with Crippen LogP contribution >= 0.6 is 0 Å². The third kappa shape index (κ3) is 4.27. The van der Waals surface area contributed by atoms with E-state index in [4.69, 9.17) is 4.74 Å². The quantitative estimate of drug-likeness (QED) is 0.721. The van der Waals surface area contributed by atoms with Crippen LogP contribution in [-0.2, 0) is 0 Å². The SMILES string of the molecule is COc1cc(-c2ccc(N[C@@H](C)C(C)(C)C)nn2)ccc1-n1cnc(C)c1. The molecule has 3 aromatic rings. The van der Waals surface area contributed by atoms with Crippen molar-refractivity contribution in [2.24, 2.45) is 5.41 Å². The van der Waals surface area contributed by atoms with Crippen molar-refractivity contribution in [3.8, 4) is 22.7 Å². The van der Waals surface area contributed by atoms with E-state index in [1.165, 1.54) is 0 Å². The topological polar surface area (TPSA) is 64.9 Å². The molecule has 0 spiro atoms. The molecule has 142 valence electrons. The van der Waals surface area contributed by atoms with Crippen LogP contribution in [0, 0.1) is 12.3 Å². The fraction of sp³-hybridized carbons (Fsp3) is 0.381. The van der Waals surface area contributed by atoms with Gasteiger partial charge in [-0.15, -0.1) is 10.2 Å². The second-order valence-corrected chi connectivity index (χ2v) is 7.84. The molecule has 0 amide bonds. The van der Waals surface area contributed by atoms with Crippen LogP contribution in [0.25, 0.3) is 16.9 Å². The van der Waals surface area contributed by atoms with Gasteiger partial charge in [-0.3, -0.25) is 0 Å². The number of aryl methyl sites for hydroxylation is 1. The summed E-state index contributed by atoms with van der Waals surface area (Å²) in [5.74, 6) is 1.54. The Morgan fingerprint density at radius 1 is 1.11 bits per heavy atom. The van der Waals surface area contributed by atoms with Gasteiger partial charge in [0.25, 0.3) is 0 Å². The first-order valence-corrected chi connectivity index (χ1v) is 9.07. The van der Waals surface area contributed by atoms with E-state index in [-0.39, 0.29) is 11.5 Å². The maximum atomic E-state index is 5.58. The number of anilines is 1. The lowest BCUT2D eigenvalue weighted by atomic mass is 9.88. The number of methoxy groups -OCH3 is 1. The lowest BCUT2D eigenvalue weighted by Crippen LogP contribution is -2.31. The minimum Gasteiger partial charge on any atom is -0.495 e. The first kappa shape index (κ1) is 18.9. The zero-order valence-corrected chi connectivity index (χ0v) is 16.8. The van der Waals surface area contributed by atoms with Crippen LogP contribution in [0.3, 0.4) is 0 Å². The summed E-state index contributed by atoms with van der Waals surface area (Å²) in [6.45, 7) is 10.7. The van der Waals surface area contributed by atoms with Gasteiger partial charge >= 0.3 is 0 Å². The highest BCUT2D eigenvalue weighted by Crippen LogP contribution is 2.29. The molecule has 1 atom stereocenters. The molecule has 0 unspecified atom stereocenters. The highest BCUT2D eigenvalue weighted by Gasteiger charge is 2.20. The normalized spacial score (nSPS) is 12.7. The number of imidazole rings is 1. The van der Waals surface area contributed by atoms with Crippen LogP contribution in [-0.4, -0.2) is 32.9 Å². The predicted molar refractivity (Wildman–Crippen MR) is 108 cm³/mol. The highest BCUT2D eigenvalue weighted by atomic mass is 16.5. The average molecular weight is 365 g/mol. The van der Waals surface area contributed by atoms with Crippen molar-refractivity contribution < 1.29 is 4.74 Å². The monoisotopic (exact) mass is 365 g/mol. The Kier molecular flexibility index (Phi) is 5.17. The summed E-state index contributed by atoms with van der Waals surface area (Å²) in [5, 5.41) is 12.1. The second-order valence-electron chi connectivity index (χ2n) is 7.84. The smallest absolute Gasteiger partial charge is 0.148 e. The third-order valence-corrected chi connectivity index (χ3v) is 4.79. The van der Waals surface area contributed by atoms with E-state index in [1.807, 2.05) is 48.0 Å². The molecule has 2 heterocycles. The number of rotatable bonds is 5. The van der Waals surface area contributed by atoms with Crippen molar-refractivity contribution in [1.82, 2.24) is 19.7 Å². The lowest BCUT2D eigenvalue weighted by molar-refractivity contribution is 0.358. The van der Waals surface area contributed by atoms with Crippen molar-refractivity contribution in [3.63, 3.8) is 0 Å². The largest absolute Gasteiger partial charge is 0.495 e. The summed E-state index contributed by atoms with van der Waals surface area (Å²) in [6.07, 6.45) is 3.75. The van der Waals surface area contributed by atoms with Gasteiger partial charge in [0, 0.05) is 17.8 Å². The van der Waals surface area contributed by atoms with Gasteiger partial charge < -0.3 is 14.6 Å². The van der Waals surface area contributed by atoms with Crippen LogP contribution < -0.4 is 10.1 Å². The summed E-state index contributed by atoms with van der Waals surface area (Å²) in [6, 6.07) is 10.2. The van der Waals surface area contributed by atoms with Crippen molar-refractivity contribution in [3.05, 3.63) is 48.5 Å². The molecule has 2 aromatic heterocycles. The van der Waals surface area contributed by atoms with E-state index in [1.54, 1.807) is 13.4 Å². The van der Waals surface area contributed by atoms with Crippen LogP contribution in [0.15, 0.2) is 42.9 Å². The lowest BCUT2D eigenvalue weighted by Gasteiger charge is -2.28. The molecular formula is C21H27N5O. The van der Waals surface area contributed by atoms with Gasteiger partial charge in [-0.1, -0.05) is 26.8 Å². The van der Waals surface area contributed by atoms with E-state index >= 15 is 0 Å². The van der Waals surface area contributed by atoms with Crippen molar-refractivity contribution in [2.75, 3.05) is 12.4 Å². The Bertz CT molecular complexity index is 909. The summed E-state index contributed by atoms with van der Waals surface area (Å²) in [5.41, 5.74) is 3.80. The van der Waals surface area contributed by atoms with Gasteiger partial charge in [-0.2, -0.15) is 0 Å². The molecule has 6 nitrogen and oxygen atoms in total. The van der Waals surface area contributed by atoms with Crippen LogP contribution in [0.5, 0.6) is 5.75 Å². The first-order chi connectivity index (χ1) is 12.8. The molecule has 6 heteroatoms. The summed E-state index contributed by atoms with van der Waals surface area (Å²) >= 11 is 0. The number of hydrogen-bond acceptors (Lipinski definition) is 5. The summed E-state index contributed by atoms with van der Waals surface area (Å²) in [4.78, 5) is 4.28. The van der Waals surface area contributed by atoms with Gasteiger partial charge in [-0.05, 0) is 43.5 Å². The fourth-order valence-electron chi connectivity index (χ4n) is 2.60. The fourth-order valence-corrected chi connectivity index (χ4v) is 2.60. The first-order valence-electron chi connectivity index (χ1n) is 9.07. The summed E-state index contributed by atoms with van der Waals surface area (Å²) in [7, 11) is 1.67. The van der Waals surface area contributed by atoms with E-state index in [9.17, 15) is 0 Å². The standard InChI is InChI=1S/C21H27N5O/c1-14-12-26(13-22-14)18-9-7-16(11-19(18)27-6)17-8-10-20(25-24-17)23-15(2)21(3,4)5/h7-13,15H,1-6H3,(H,23,25)/t15-/m0/s1. The molecule has 0 aliphatic heterocycles. The molecule has 0 bridgehead atoms. The predicted octanol–water partition coefficient (Wildman–Crippen LogP) is 4.49. The molecule has 0 saturated heterocycles. The Morgan fingerprint density at radius 2 is 1.89 bits per heavy atom. The third-order valence-electron chi connectivity index (χ3n) is 4.79. The van der Waals surface area contributed by atoms with E-state index in [0.717, 1.165) is 34.2 Å². The molecule has 0 aliphatic rings. The van der Waals surface area contributed by atoms with Gasteiger partial charge in [-0.25, -0.2) is 4.98 Å². The zero-order valence-electron chi connectivity index (χ0n) is 16.8. The highest BCUT2D eigenvalue weighted by molar-refractivity contribution is 5.65. The van der Waals surface area contributed by atoms with Crippen LogP contribution in [0.1, 0.15) is 33.4 Å². The van der Waals surface area contributed by atoms with Gasteiger partial charge in [0.05, 0.1) is 30.5 Å². The van der Waals surface area contributed by atoms with E-state index in [2.05, 4.69) is 48.2 Å².